The van der Waals surface area contributed by atoms with Crippen molar-refractivity contribution in [3.8, 4) is 0 Å². The summed E-state index contributed by atoms with van der Waals surface area (Å²) >= 11 is 0. The van der Waals surface area contributed by atoms with Crippen molar-refractivity contribution in [2.24, 2.45) is 0 Å². The van der Waals surface area contributed by atoms with Gasteiger partial charge in [-0.15, -0.1) is 0 Å². The molecule has 0 bridgehead atoms. The first kappa shape index (κ1) is 16.6. The van der Waals surface area contributed by atoms with Gasteiger partial charge in [-0.2, -0.15) is 21.6 Å². The highest BCUT2D eigenvalue weighted by atomic mass is 32.2. The third-order valence-corrected chi connectivity index (χ3v) is 4.95. The van der Waals surface area contributed by atoms with Crippen LogP contribution in [0, 0.1) is 0 Å². The molecule has 1 aliphatic heterocycles. The topological polar surface area (TPSA) is 55.8 Å². The third-order valence-electron chi connectivity index (χ3n) is 3.95. The molecule has 1 fully saturated rings. The molecule has 0 aromatic carbocycles. The Hall–Kier alpha value is -0.800. The lowest BCUT2D eigenvalue weighted by molar-refractivity contribution is -0.0529. The van der Waals surface area contributed by atoms with Crippen molar-refractivity contribution in [2.75, 3.05) is 26.3 Å². The van der Waals surface area contributed by atoms with Crippen LogP contribution in [-0.2, 0) is 19.0 Å². The van der Waals surface area contributed by atoms with Crippen LogP contribution in [0.5, 0.6) is 0 Å². The Balaban J connectivity index is 2.02. The highest BCUT2D eigenvalue weighted by Crippen LogP contribution is 2.36. The Bertz CT molecular complexity index is 511. The maximum atomic E-state index is 12.3. The Morgan fingerprint density at radius 1 is 1.33 bits per heavy atom. The average Bonchev–Trinajstić information content (AvgIpc) is 2.41. The van der Waals surface area contributed by atoms with E-state index in [1.165, 1.54) is 6.08 Å². The minimum Gasteiger partial charge on any atom is -0.381 e. The van der Waals surface area contributed by atoms with Crippen molar-refractivity contribution in [1.82, 2.24) is 4.90 Å². The Labute approximate surface area is 121 Å². The van der Waals surface area contributed by atoms with Gasteiger partial charge in [0.25, 0.3) is 0 Å². The van der Waals surface area contributed by atoms with Crippen LogP contribution in [0.1, 0.15) is 26.2 Å². The minimum atomic E-state index is -5.56. The highest BCUT2D eigenvalue weighted by Gasteiger charge is 2.49. The van der Waals surface area contributed by atoms with Gasteiger partial charge in [-0.25, -0.2) is 0 Å². The molecule has 21 heavy (non-hydrogen) atoms. The van der Waals surface area contributed by atoms with E-state index in [0.717, 1.165) is 13.1 Å². The molecule has 5 nitrogen and oxygen atoms in total. The van der Waals surface area contributed by atoms with Crippen LogP contribution in [0.15, 0.2) is 11.8 Å². The van der Waals surface area contributed by atoms with E-state index in [9.17, 15) is 21.6 Å². The summed E-state index contributed by atoms with van der Waals surface area (Å²) in [5.74, 6) is -0.127. The third kappa shape index (κ3) is 3.70. The summed E-state index contributed by atoms with van der Waals surface area (Å²) in [6.45, 7) is 4.81. The molecule has 1 saturated heterocycles. The summed E-state index contributed by atoms with van der Waals surface area (Å²) < 4.78 is 68.2. The molecule has 0 amide bonds. The van der Waals surface area contributed by atoms with Gasteiger partial charge >= 0.3 is 15.6 Å². The fourth-order valence-corrected chi connectivity index (χ4v) is 3.11. The highest BCUT2D eigenvalue weighted by molar-refractivity contribution is 7.87. The van der Waals surface area contributed by atoms with Gasteiger partial charge in [0, 0.05) is 25.0 Å². The minimum absolute atomic E-state index is 0.127. The summed E-state index contributed by atoms with van der Waals surface area (Å²) in [5.41, 5.74) is -5.59. The van der Waals surface area contributed by atoms with Crippen LogP contribution < -0.4 is 0 Å². The number of ether oxygens (including phenoxy) is 1. The van der Waals surface area contributed by atoms with Crippen LogP contribution in [0.4, 0.5) is 13.2 Å². The number of alkyl halides is 3. The lowest BCUT2D eigenvalue weighted by Gasteiger charge is -2.44. The second-order valence-corrected chi connectivity index (χ2v) is 6.99. The summed E-state index contributed by atoms with van der Waals surface area (Å²) in [4.78, 5) is 2.22. The van der Waals surface area contributed by atoms with Gasteiger partial charge in [0.05, 0.1) is 13.2 Å². The quantitative estimate of drug-likeness (QED) is 0.586. The molecule has 122 valence electrons. The zero-order chi connectivity index (χ0) is 15.7. The van der Waals surface area contributed by atoms with Gasteiger partial charge in [0.2, 0.25) is 0 Å². The maximum Gasteiger partial charge on any atom is 0.534 e. The number of rotatable bonds is 3. The van der Waals surface area contributed by atoms with Crippen molar-refractivity contribution >= 4 is 10.1 Å². The van der Waals surface area contributed by atoms with Gasteiger partial charge in [-0.05, 0) is 25.8 Å². The molecule has 0 aromatic rings. The molecule has 0 aromatic heterocycles. The monoisotopic (exact) mass is 329 g/mol. The smallest absolute Gasteiger partial charge is 0.381 e. The second-order valence-electron chi connectivity index (χ2n) is 5.45. The first-order valence-electron chi connectivity index (χ1n) is 6.67. The SMILES string of the molecule is CC1(N2CCOCC2)CC=C(OS(=O)(=O)C(F)(F)F)CC1. The van der Waals surface area contributed by atoms with Crippen molar-refractivity contribution in [1.29, 1.82) is 0 Å². The molecule has 2 rings (SSSR count). The zero-order valence-electron chi connectivity index (χ0n) is 11.6. The molecule has 2 aliphatic rings. The fourth-order valence-electron chi connectivity index (χ4n) is 2.58. The van der Waals surface area contributed by atoms with Crippen LogP contribution in [-0.4, -0.2) is 50.7 Å². The van der Waals surface area contributed by atoms with Gasteiger partial charge in [0.1, 0.15) is 5.76 Å². The normalized spacial score (nSPS) is 29.0. The number of nitrogens with zero attached hydrogens (tertiary/aromatic N) is 1. The molecule has 0 N–H and O–H groups in total. The van der Waals surface area contributed by atoms with E-state index in [-0.39, 0.29) is 17.7 Å². The number of hydrogen-bond donors (Lipinski definition) is 0. The first-order valence-corrected chi connectivity index (χ1v) is 8.07. The molecule has 9 heteroatoms. The number of hydrogen-bond acceptors (Lipinski definition) is 5. The molecular formula is C12H18F3NO4S. The first-order chi connectivity index (χ1) is 9.64. The predicted molar refractivity (Wildman–Crippen MR) is 68.8 cm³/mol. The standard InChI is InChI=1S/C12H18F3NO4S/c1-11(16-6-8-19-9-7-16)4-2-10(3-5-11)20-21(17,18)12(13,14)15/h2H,3-9H2,1H3. The summed E-state index contributed by atoms with van der Waals surface area (Å²) in [5, 5.41) is 0. The Kier molecular flexibility index (Phi) is 4.55. The van der Waals surface area contributed by atoms with E-state index in [1.54, 1.807) is 0 Å². The number of allylic oxidation sites excluding steroid dienone is 1. The van der Waals surface area contributed by atoms with Crippen molar-refractivity contribution in [3.63, 3.8) is 0 Å². The summed E-state index contributed by atoms with van der Waals surface area (Å²) in [6, 6.07) is 0. The molecule has 1 aliphatic carbocycles. The molecular weight excluding hydrogens is 311 g/mol. The van der Waals surface area contributed by atoms with E-state index >= 15 is 0 Å². The van der Waals surface area contributed by atoms with Crippen LogP contribution >= 0.6 is 0 Å². The summed E-state index contributed by atoms with van der Waals surface area (Å²) in [6.07, 6.45) is 2.62. The Morgan fingerprint density at radius 3 is 2.43 bits per heavy atom. The maximum absolute atomic E-state index is 12.3. The summed E-state index contributed by atoms with van der Waals surface area (Å²) in [7, 11) is -5.56. The molecule has 1 heterocycles. The molecule has 1 unspecified atom stereocenters. The second kappa shape index (κ2) is 5.77. The van der Waals surface area contributed by atoms with Crippen molar-refractivity contribution in [2.45, 2.75) is 37.2 Å². The lowest BCUT2D eigenvalue weighted by atomic mass is 9.85. The van der Waals surface area contributed by atoms with E-state index < -0.39 is 15.6 Å². The van der Waals surface area contributed by atoms with E-state index in [4.69, 9.17) is 4.74 Å². The lowest BCUT2D eigenvalue weighted by Crippen LogP contribution is -2.52. The Morgan fingerprint density at radius 2 is 1.95 bits per heavy atom. The van der Waals surface area contributed by atoms with E-state index in [0.29, 0.717) is 26.1 Å². The number of halogens is 3. The van der Waals surface area contributed by atoms with E-state index in [1.807, 2.05) is 6.92 Å². The largest absolute Gasteiger partial charge is 0.534 e. The van der Waals surface area contributed by atoms with Crippen LogP contribution in [0.3, 0.4) is 0 Å². The predicted octanol–water partition coefficient (Wildman–Crippen LogP) is 2.01. The van der Waals surface area contributed by atoms with E-state index in [2.05, 4.69) is 9.08 Å². The molecule has 1 atom stereocenters. The molecule has 0 saturated carbocycles. The van der Waals surface area contributed by atoms with Crippen LogP contribution in [0.2, 0.25) is 0 Å². The van der Waals surface area contributed by atoms with Gasteiger partial charge in [-0.1, -0.05) is 0 Å². The van der Waals surface area contributed by atoms with Gasteiger partial charge in [0.15, 0.2) is 0 Å². The average molecular weight is 329 g/mol. The van der Waals surface area contributed by atoms with Crippen LogP contribution in [0.25, 0.3) is 0 Å². The zero-order valence-corrected chi connectivity index (χ0v) is 12.5. The van der Waals surface area contributed by atoms with Gasteiger partial charge in [-0.3, -0.25) is 4.90 Å². The number of morpholine rings is 1. The fraction of sp³-hybridized carbons (Fsp3) is 0.833. The molecule has 0 spiro atoms. The molecule has 0 radical (unpaired) electrons. The van der Waals surface area contributed by atoms with Crippen molar-refractivity contribution < 1.29 is 30.5 Å². The van der Waals surface area contributed by atoms with Gasteiger partial charge < -0.3 is 8.92 Å². The van der Waals surface area contributed by atoms with Crippen molar-refractivity contribution in [3.05, 3.63) is 11.8 Å².